The summed E-state index contributed by atoms with van der Waals surface area (Å²) in [6.07, 6.45) is 8.52. The fourth-order valence-corrected chi connectivity index (χ4v) is 5.37. The molecule has 0 amide bonds. The number of amidine groups is 1. The number of fused-ring (bicyclic) bond motifs is 1. The number of benzene rings is 2. The number of hydrogen-bond acceptors (Lipinski definition) is 6. The molecule has 0 radical (unpaired) electrons. The number of hydrogen-bond donors (Lipinski definition) is 3. The van der Waals surface area contributed by atoms with E-state index in [4.69, 9.17) is 21.4 Å². The summed E-state index contributed by atoms with van der Waals surface area (Å²) in [6.45, 7) is 17.4. The van der Waals surface area contributed by atoms with Crippen molar-refractivity contribution in [1.82, 2.24) is 9.97 Å². The Bertz CT molecular complexity index is 1520. The van der Waals surface area contributed by atoms with Crippen molar-refractivity contribution >= 4 is 34.2 Å². The number of aryl methyl sites for hydroxylation is 2. The highest BCUT2D eigenvalue weighted by atomic mass is 15.2. The summed E-state index contributed by atoms with van der Waals surface area (Å²) in [6, 6.07) is 8.45. The summed E-state index contributed by atoms with van der Waals surface area (Å²) in [7, 11) is 0. The highest BCUT2D eigenvalue weighted by molar-refractivity contribution is 6.06. The van der Waals surface area contributed by atoms with Gasteiger partial charge in [-0.15, -0.1) is 0 Å². The van der Waals surface area contributed by atoms with Crippen molar-refractivity contribution in [3.05, 3.63) is 75.9 Å². The third-order valence-corrected chi connectivity index (χ3v) is 7.76. The molecule has 0 fully saturated rings. The largest absolute Gasteiger partial charge is 0.399 e. The van der Waals surface area contributed by atoms with Crippen molar-refractivity contribution < 1.29 is 0 Å². The molecule has 1 aliphatic heterocycles. The van der Waals surface area contributed by atoms with Gasteiger partial charge in [0.1, 0.15) is 11.7 Å². The van der Waals surface area contributed by atoms with Crippen LogP contribution in [0.2, 0.25) is 0 Å². The summed E-state index contributed by atoms with van der Waals surface area (Å²) in [5.74, 6) is 1.85. The first-order valence-corrected chi connectivity index (χ1v) is 13.9. The minimum absolute atomic E-state index is 0.0628. The lowest BCUT2D eigenvalue weighted by Gasteiger charge is -2.20. The molecular formula is C33H42N6. The molecule has 2 aromatic carbocycles. The minimum Gasteiger partial charge on any atom is -0.399 e. The van der Waals surface area contributed by atoms with Crippen LogP contribution in [0.1, 0.15) is 77.0 Å². The maximum absolute atomic E-state index is 6.47. The van der Waals surface area contributed by atoms with Crippen LogP contribution in [-0.4, -0.2) is 21.8 Å². The zero-order valence-electron chi connectivity index (χ0n) is 24.6. The SMILES string of the molecule is CC/C(C)=C\C(C)c1cc(C)c(-c2cc(N)cc3c(N)nc(NC4=NC(C)/C(=C(/C)CC)C=C4)nc23)c(C)c1. The standard InChI is InChI=1S/C33H42N6/c1-9-18(3)13-20(5)24-14-21(6)30(22(7)15-24)27-16-25(34)17-28-31(27)38-33(39-32(28)35)37-29-12-11-26(19(4)10-2)23(8)36-29/h11-17,20,23H,9-10,34H2,1-8H3,(H3,35,36,37,38,39)/b18-13-,26-19-. The Morgan fingerprint density at radius 3 is 2.31 bits per heavy atom. The second-order valence-electron chi connectivity index (χ2n) is 10.8. The van der Waals surface area contributed by atoms with Gasteiger partial charge in [0.05, 0.1) is 11.6 Å². The normalized spacial score (nSPS) is 17.8. The van der Waals surface area contributed by atoms with Crippen LogP contribution in [-0.2, 0) is 0 Å². The van der Waals surface area contributed by atoms with Crippen LogP contribution in [0, 0.1) is 13.8 Å². The number of nitrogens with one attached hydrogen (secondary N) is 1. The number of nitrogens with two attached hydrogens (primary N) is 2. The van der Waals surface area contributed by atoms with E-state index >= 15 is 0 Å². The second kappa shape index (κ2) is 11.4. The quantitative estimate of drug-likeness (QED) is 0.225. The van der Waals surface area contributed by atoms with Crippen molar-refractivity contribution in [3.63, 3.8) is 0 Å². The third kappa shape index (κ3) is 5.90. The van der Waals surface area contributed by atoms with E-state index in [1.165, 1.54) is 33.4 Å². The van der Waals surface area contributed by atoms with Gasteiger partial charge in [0.15, 0.2) is 0 Å². The number of rotatable bonds is 6. The molecule has 3 aromatic rings. The molecule has 6 nitrogen and oxygen atoms in total. The van der Waals surface area contributed by atoms with Gasteiger partial charge in [-0.2, -0.15) is 4.98 Å². The van der Waals surface area contributed by atoms with Crippen molar-refractivity contribution in [2.24, 2.45) is 4.99 Å². The third-order valence-electron chi connectivity index (χ3n) is 7.76. The molecule has 2 atom stereocenters. The van der Waals surface area contributed by atoms with Crippen LogP contribution in [0.5, 0.6) is 0 Å². The first kappa shape index (κ1) is 28.1. The van der Waals surface area contributed by atoms with E-state index in [0.717, 1.165) is 34.9 Å². The Morgan fingerprint density at radius 2 is 1.69 bits per heavy atom. The summed E-state index contributed by atoms with van der Waals surface area (Å²) < 4.78 is 0. The minimum atomic E-state index is 0.0628. The van der Waals surface area contributed by atoms with Crippen LogP contribution in [0.4, 0.5) is 17.5 Å². The fraction of sp³-hybridized carbons (Fsp3) is 0.364. The molecule has 0 bridgehead atoms. The van der Waals surface area contributed by atoms with E-state index in [0.29, 0.717) is 29.2 Å². The number of aromatic nitrogens is 2. The van der Waals surface area contributed by atoms with E-state index in [2.05, 4.69) is 90.0 Å². The monoisotopic (exact) mass is 522 g/mol. The van der Waals surface area contributed by atoms with Gasteiger partial charge in [0.2, 0.25) is 5.95 Å². The molecule has 4 rings (SSSR count). The Kier molecular flexibility index (Phi) is 8.24. The van der Waals surface area contributed by atoms with E-state index in [1.54, 1.807) is 0 Å². The highest BCUT2D eigenvalue weighted by Gasteiger charge is 2.19. The lowest BCUT2D eigenvalue weighted by atomic mass is 9.88. The first-order chi connectivity index (χ1) is 18.5. The smallest absolute Gasteiger partial charge is 0.230 e. The fourth-order valence-electron chi connectivity index (χ4n) is 5.37. The molecule has 0 saturated carbocycles. The van der Waals surface area contributed by atoms with Crippen LogP contribution >= 0.6 is 0 Å². The van der Waals surface area contributed by atoms with E-state index in [1.807, 2.05) is 18.2 Å². The molecule has 1 aliphatic rings. The maximum atomic E-state index is 6.47. The average molecular weight is 523 g/mol. The number of allylic oxidation sites excluding steroid dienone is 3. The Hall–Kier alpha value is -3.93. The Balaban J connectivity index is 1.79. The van der Waals surface area contributed by atoms with Gasteiger partial charge in [-0.25, -0.2) is 4.98 Å². The number of dihydropyridines is 1. The molecule has 0 spiro atoms. The summed E-state index contributed by atoms with van der Waals surface area (Å²) in [5.41, 5.74) is 24.0. The van der Waals surface area contributed by atoms with Gasteiger partial charge in [0.25, 0.3) is 0 Å². The van der Waals surface area contributed by atoms with Crippen LogP contribution in [0.3, 0.4) is 0 Å². The van der Waals surface area contributed by atoms with Crippen molar-refractivity contribution in [3.8, 4) is 11.1 Å². The summed E-state index contributed by atoms with van der Waals surface area (Å²) in [5, 5.41) is 4.03. The number of aliphatic imine (C=N–C) groups is 1. The first-order valence-electron chi connectivity index (χ1n) is 13.9. The lowest BCUT2D eigenvalue weighted by molar-refractivity contribution is 0.850. The summed E-state index contributed by atoms with van der Waals surface area (Å²) >= 11 is 0. The number of nitrogens with zero attached hydrogens (tertiary/aromatic N) is 3. The average Bonchev–Trinajstić information content (AvgIpc) is 2.88. The molecule has 2 unspecified atom stereocenters. The topological polar surface area (TPSA) is 102 Å². The van der Waals surface area contributed by atoms with Gasteiger partial charge < -0.3 is 16.8 Å². The summed E-state index contributed by atoms with van der Waals surface area (Å²) in [4.78, 5) is 14.3. The zero-order chi connectivity index (χ0) is 28.4. The van der Waals surface area contributed by atoms with Crippen molar-refractivity contribution in [1.29, 1.82) is 0 Å². The van der Waals surface area contributed by atoms with Gasteiger partial charge in [-0.3, -0.25) is 4.99 Å². The Labute approximate surface area is 233 Å². The molecule has 6 heteroatoms. The van der Waals surface area contributed by atoms with Gasteiger partial charge >= 0.3 is 0 Å². The van der Waals surface area contributed by atoms with Gasteiger partial charge in [0, 0.05) is 16.6 Å². The molecular weight excluding hydrogens is 480 g/mol. The molecule has 204 valence electrons. The zero-order valence-corrected chi connectivity index (χ0v) is 24.6. The van der Waals surface area contributed by atoms with E-state index < -0.39 is 0 Å². The van der Waals surface area contributed by atoms with E-state index in [-0.39, 0.29) is 6.04 Å². The molecule has 0 saturated heterocycles. The highest BCUT2D eigenvalue weighted by Crippen LogP contribution is 2.38. The maximum Gasteiger partial charge on any atom is 0.230 e. The van der Waals surface area contributed by atoms with Gasteiger partial charge in [-0.1, -0.05) is 56.2 Å². The molecule has 1 aromatic heterocycles. The Morgan fingerprint density at radius 1 is 1.00 bits per heavy atom. The van der Waals surface area contributed by atoms with Crippen LogP contribution in [0.15, 0.2) is 64.2 Å². The second-order valence-corrected chi connectivity index (χ2v) is 10.8. The van der Waals surface area contributed by atoms with Crippen LogP contribution in [0.25, 0.3) is 22.0 Å². The predicted octanol–water partition coefficient (Wildman–Crippen LogP) is 8.03. The molecule has 2 heterocycles. The van der Waals surface area contributed by atoms with Crippen molar-refractivity contribution in [2.75, 3.05) is 16.8 Å². The lowest BCUT2D eigenvalue weighted by Crippen LogP contribution is -2.20. The van der Waals surface area contributed by atoms with Gasteiger partial charge in [-0.05, 0) is 99.4 Å². The van der Waals surface area contributed by atoms with Crippen molar-refractivity contribution in [2.45, 2.75) is 80.2 Å². The predicted molar refractivity (Wildman–Crippen MR) is 168 cm³/mol. The molecule has 5 N–H and O–H groups in total. The molecule has 39 heavy (non-hydrogen) atoms. The molecule has 0 aliphatic carbocycles. The number of nitrogen functional groups attached to an aromatic ring is 2. The number of anilines is 3. The van der Waals surface area contributed by atoms with E-state index in [9.17, 15) is 0 Å². The van der Waals surface area contributed by atoms with Crippen LogP contribution < -0.4 is 16.8 Å².